The van der Waals surface area contributed by atoms with E-state index in [-0.39, 0.29) is 16.9 Å². The van der Waals surface area contributed by atoms with Gasteiger partial charge in [-0.1, -0.05) is 32.5 Å². The first-order valence-electron chi connectivity index (χ1n) is 8.10. The van der Waals surface area contributed by atoms with Gasteiger partial charge >= 0.3 is 0 Å². The molecule has 0 saturated heterocycles. The largest absolute Gasteiger partial charge is 0.350 e. The smallest absolute Gasteiger partial charge is 0.256 e. The van der Waals surface area contributed by atoms with Crippen molar-refractivity contribution in [2.45, 2.75) is 65.6 Å². The highest BCUT2D eigenvalue weighted by Crippen LogP contribution is 2.27. The second kappa shape index (κ2) is 6.70. The van der Waals surface area contributed by atoms with Gasteiger partial charge in [-0.2, -0.15) is 0 Å². The van der Waals surface area contributed by atoms with E-state index in [9.17, 15) is 4.79 Å². The van der Waals surface area contributed by atoms with Gasteiger partial charge in [-0.3, -0.25) is 9.20 Å². The fourth-order valence-corrected chi connectivity index (χ4v) is 3.99. The summed E-state index contributed by atoms with van der Waals surface area (Å²) < 4.78 is 1.88. The van der Waals surface area contributed by atoms with Crippen LogP contribution in [0.1, 0.15) is 52.4 Å². The second-order valence-electron chi connectivity index (χ2n) is 8.12. The van der Waals surface area contributed by atoms with Crippen LogP contribution in [0.3, 0.4) is 0 Å². The highest BCUT2D eigenvalue weighted by Gasteiger charge is 2.27. The highest BCUT2D eigenvalue weighted by atomic mass is 32.2. The van der Waals surface area contributed by atoms with Crippen molar-refractivity contribution >= 4 is 23.4 Å². The lowest BCUT2D eigenvalue weighted by atomic mass is 9.82. The summed E-state index contributed by atoms with van der Waals surface area (Å²) in [6.07, 6.45) is 0.909. The number of hydrogen-bond donors (Lipinski definition) is 1. The van der Waals surface area contributed by atoms with Crippen molar-refractivity contribution in [1.82, 2.24) is 24.9 Å². The summed E-state index contributed by atoms with van der Waals surface area (Å²) in [5.74, 6) is 0.883. The van der Waals surface area contributed by atoms with Gasteiger partial charge in [0.25, 0.3) is 5.78 Å². The zero-order chi connectivity index (χ0) is 18.1. The molecule has 0 unspecified atom stereocenters. The minimum atomic E-state index is -0.239. The molecule has 0 aliphatic carbocycles. The summed E-state index contributed by atoms with van der Waals surface area (Å²) in [6, 6.07) is 1.98. The predicted molar refractivity (Wildman–Crippen MR) is 97.3 cm³/mol. The maximum atomic E-state index is 12.3. The molecule has 24 heavy (non-hydrogen) atoms. The van der Waals surface area contributed by atoms with Gasteiger partial charge in [-0.25, -0.2) is 4.98 Å². The molecule has 0 atom stereocenters. The highest BCUT2D eigenvalue weighted by molar-refractivity contribution is 7.99. The number of thioether (sulfide) groups is 1. The van der Waals surface area contributed by atoms with E-state index >= 15 is 0 Å². The van der Waals surface area contributed by atoms with E-state index in [2.05, 4.69) is 55.1 Å². The fraction of sp³-hybridized carbons (Fsp3) is 0.647. The molecule has 6 nitrogen and oxygen atoms in total. The molecule has 132 valence electrons. The predicted octanol–water partition coefficient (Wildman–Crippen LogP) is 3.16. The second-order valence-corrected chi connectivity index (χ2v) is 9.06. The number of carbonyl (C=O) groups is 1. The summed E-state index contributed by atoms with van der Waals surface area (Å²) in [5, 5.41) is 12.1. The SMILES string of the molecule is Cc1cc(C)n2c(SCC(=O)NC(C)(C)CC(C)(C)C)nnc2n1. The molecule has 2 aromatic rings. The Kier molecular flexibility index (Phi) is 5.22. The number of aryl methyl sites for hydroxylation is 2. The lowest BCUT2D eigenvalue weighted by Gasteiger charge is -2.33. The average molecular weight is 350 g/mol. The van der Waals surface area contributed by atoms with Crippen LogP contribution in [0.2, 0.25) is 0 Å². The molecule has 2 aromatic heterocycles. The lowest BCUT2D eigenvalue weighted by molar-refractivity contribution is -0.120. The molecule has 0 aromatic carbocycles. The molecule has 7 heteroatoms. The summed E-state index contributed by atoms with van der Waals surface area (Å²) in [6.45, 7) is 14.6. The van der Waals surface area contributed by atoms with Crippen LogP contribution in [0.15, 0.2) is 11.2 Å². The zero-order valence-electron chi connectivity index (χ0n) is 15.6. The van der Waals surface area contributed by atoms with Gasteiger partial charge in [-0.05, 0) is 45.6 Å². The molecule has 1 N–H and O–H groups in total. The van der Waals surface area contributed by atoms with Gasteiger partial charge < -0.3 is 5.32 Å². The molecule has 0 aliphatic heterocycles. The molecular weight excluding hydrogens is 322 g/mol. The van der Waals surface area contributed by atoms with E-state index in [1.165, 1.54) is 11.8 Å². The molecule has 0 fully saturated rings. The molecule has 0 saturated carbocycles. The Hall–Kier alpha value is -1.63. The monoisotopic (exact) mass is 349 g/mol. The van der Waals surface area contributed by atoms with Gasteiger partial charge in [0, 0.05) is 16.9 Å². The number of rotatable bonds is 5. The van der Waals surface area contributed by atoms with Crippen molar-refractivity contribution in [2.24, 2.45) is 5.41 Å². The molecule has 1 amide bonds. The van der Waals surface area contributed by atoms with Gasteiger partial charge in [0.2, 0.25) is 5.91 Å². The maximum absolute atomic E-state index is 12.3. The first kappa shape index (κ1) is 18.7. The molecule has 0 spiro atoms. The molecule has 0 radical (unpaired) electrons. The van der Waals surface area contributed by atoms with E-state index < -0.39 is 0 Å². The number of nitrogens with zero attached hydrogens (tertiary/aromatic N) is 4. The van der Waals surface area contributed by atoms with E-state index in [1.807, 2.05) is 24.3 Å². The van der Waals surface area contributed by atoms with E-state index in [4.69, 9.17) is 0 Å². The first-order valence-corrected chi connectivity index (χ1v) is 9.09. The third-order valence-electron chi connectivity index (χ3n) is 3.45. The van der Waals surface area contributed by atoms with Gasteiger partial charge in [0.15, 0.2) is 5.16 Å². The topological polar surface area (TPSA) is 72.2 Å². The number of amides is 1. The normalized spacial score (nSPS) is 12.6. The van der Waals surface area contributed by atoms with Crippen LogP contribution >= 0.6 is 11.8 Å². The number of aromatic nitrogens is 4. The van der Waals surface area contributed by atoms with E-state index in [0.29, 0.717) is 16.7 Å². The van der Waals surface area contributed by atoms with Gasteiger partial charge in [0.1, 0.15) is 0 Å². The van der Waals surface area contributed by atoms with Crippen molar-refractivity contribution in [3.05, 3.63) is 17.5 Å². The number of fused-ring (bicyclic) bond motifs is 1. The van der Waals surface area contributed by atoms with E-state index in [1.54, 1.807) is 0 Å². The molecular formula is C17H27N5OS. The fourth-order valence-electron chi connectivity index (χ4n) is 3.21. The Labute approximate surface area is 147 Å². The van der Waals surface area contributed by atoms with Gasteiger partial charge in [0.05, 0.1) is 5.75 Å². The van der Waals surface area contributed by atoms with Crippen LogP contribution in [0.25, 0.3) is 5.78 Å². The molecule has 2 heterocycles. The molecule has 0 aliphatic rings. The Morgan fingerprint density at radius 1 is 1.21 bits per heavy atom. The lowest BCUT2D eigenvalue weighted by Crippen LogP contribution is -2.46. The van der Waals surface area contributed by atoms with Crippen molar-refractivity contribution in [1.29, 1.82) is 0 Å². The summed E-state index contributed by atoms with van der Waals surface area (Å²) >= 11 is 1.38. The first-order chi connectivity index (χ1) is 11.0. The minimum absolute atomic E-state index is 0.00345. The quantitative estimate of drug-likeness (QED) is 0.840. The number of nitrogens with one attached hydrogen (secondary N) is 1. The van der Waals surface area contributed by atoms with Crippen molar-refractivity contribution in [3.63, 3.8) is 0 Å². The molecule has 2 rings (SSSR count). The number of carbonyl (C=O) groups excluding carboxylic acids is 1. The average Bonchev–Trinajstić information content (AvgIpc) is 2.75. The van der Waals surface area contributed by atoms with Crippen molar-refractivity contribution < 1.29 is 4.79 Å². The van der Waals surface area contributed by atoms with Crippen LogP contribution in [-0.4, -0.2) is 36.8 Å². The van der Waals surface area contributed by atoms with Crippen LogP contribution in [0.4, 0.5) is 0 Å². The third kappa shape index (κ3) is 4.93. The Morgan fingerprint density at radius 2 is 1.88 bits per heavy atom. The van der Waals surface area contributed by atoms with Crippen molar-refractivity contribution in [3.8, 4) is 0 Å². The number of hydrogen-bond acceptors (Lipinski definition) is 5. The van der Waals surface area contributed by atoms with Crippen molar-refractivity contribution in [2.75, 3.05) is 5.75 Å². The standard InChI is InChI=1S/C17H27N5OS/c1-11-8-12(2)22-14(18-11)20-21-15(22)24-9-13(23)19-17(6,7)10-16(3,4)5/h8H,9-10H2,1-7H3,(H,19,23). The van der Waals surface area contributed by atoms with Crippen LogP contribution in [0.5, 0.6) is 0 Å². The zero-order valence-corrected chi connectivity index (χ0v) is 16.4. The maximum Gasteiger partial charge on any atom is 0.256 e. The third-order valence-corrected chi connectivity index (χ3v) is 4.37. The van der Waals surface area contributed by atoms with Crippen LogP contribution < -0.4 is 5.32 Å². The van der Waals surface area contributed by atoms with Crippen LogP contribution in [0, 0.1) is 19.3 Å². The minimum Gasteiger partial charge on any atom is -0.350 e. The Balaban J connectivity index is 2.02. The van der Waals surface area contributed by atoms with Gasteiger partial charge in [-0.15, -0.1) is 10.2 Å². The van der Waals surface area contributed by atoms with Crippen LogP contribution in [-0.2, 0) is 4.79 Å². The Bertz CT molecular complexity index is 745. The summed E-state index contributed by atoms with van der Waals surface area (Å²) in [5.41, 5.74) is 1.84. The summed E-state index contributed by atoms with van der Waals surface area (Å²) in [7, 11) is 0. The molecule has 0 bridgehead atoms. The summed E-state index contributed by atoms with van der Waals surface area (Å²) in [4.78, 5) is 16.7. The Morgan fingerprint density at radius 3 is 2.50 bits per heavy atom. The van der Waals surface area contributed by atoms with E-state index in [0.717, 1.165) is 17.8 Å².